The summed E-state index contributed by atoms with van der Waals surface area (Å²) in [5.41, 5.74) is 11.2. The van der Waals surface area contributed by atoms with Crippen LogP contribution in [0.4, 0.5) is 17.1 Å². The molecular weight excluding hydrogens is 611 g/mol. The number of anilines is 3. The minimum Gasteiger partial charge on any atom is -0.310 e. The van der Waals surface area contributed by atoms with Crippen molar-refractivity contribution in [3.8, 4) is 22.3 Å². The second kappa shape index (κ2) is 10.7. The number of fused-ring (bicyclic) bond motifs is 10. The summed E-state index contributed by atoms with van der Waals surface area (Å²) >= 11 is 1.91. The summed E-state index contributed by atoms with van der Waals surface area (Å²) in [5.74, 6) is 0. The van der Waals surface area contributed by atoms with Crippen molar-refractivity contribution in [2.75, 3.05) is 4.90 Å². The third kappa shape index (κ3) is 4.24. The Morgan fingerprint density at radius 3 is 2.04 bits per heavy atom. The molecule has 1 nitrogen and oxygen atoms in total. The van der Waals surface area contributed by atoms with E-state index < -0.39 is 0 Å². The molecule has 8 aromatic carbocycles. The van der Waals surface area contributed by atoms with Crippen LogP contribution >= 0.6 is 11.3 Å². The first-order valence-corrected chi connectivity index (χ1v) is 17.8. The summed E-state index contributed by atoms with van der Waals surface area (Å²) < 4.78 is 2.69. The SMILES string of the molecule is CC1(C)c2ccccc2-c2c(N(c3ccc(-c4ccccc4)cc3)c3ccc4ccc5ccc6c7ccccc7sc6c5c4c3)cccc21. The van der Waals surface area contributed by atoms with E-state index in [2.05, 4.69) is 183 Å². The fourth-order valence-electron chi connectivity index (χ4n) is 8.23. The third-order valence-corrected chi connectivity index (χ3v) is 11.8. The Morgan fingerprint density at radius 1 is 0.490 bits per heavy atom. The minimum absolute atomic E-state index is 0.0862. The Bertz CT molecular complexity index is 2730. The number of hydrogen-bond donors (Lipinski definition) is 0. The molecule has 0 atom stereocenters. The highest BCUT2D eigenvalue weighted by molar-refractivity contribution is 7.26. The van der Waals surface area contributed by atoms with Gasteiger partial charge in [-0.1, -0.05) is 141 Å². The van der Waals surface area contributed by atoms with E-state index in [9.17, 15) is 0 Å². The monoisotopic (exact) mass is 643 g/mol. The van der Waals surface area contributed by atoms with Crippen LogP contribution in [0.15, 0.2) is 164 Å². The zero-order valence-corrected chi connectivity index (χ0v) is 28.3. The fraction of sp³-hybridized carbons (Fsp3) is 0.0638. The van der Waals surface area contributed by atoms with Gasteiger partial charge in [-0.2, -0.15) is 0 Å². The molecule has 49 heavy (non-hydrogen) atoms. The minimum atomic E-state index is -0.0862. The Balaban J connectivity index is 1.25. The van der Waals surface area contributed by atoms with Gasteiger partial charge in [0.1, 0.15) is 0 Å². The highest BCUT2D eigenvalue weighted by atomic mass is 32.1. The smallest absolute Gasteiger partial charge is 0.0543 e. The Labute approximate surface area is 290 Å². The molecular formula is C47H33NS. The van der Waals surface area contributed by atoms with Crippen molar-refractivity contribution in [3.63, 3.8) is 0 Å². The third-order valence-electron chi connectivity index (χ3n) is 10.6. The van der Waals surface area contributed by atoms with Crippen LogP contribution in [0.5, 0.6) is 0 Å². The largest absolute Gasteiger partial charge is 0.310 e. The number of benzene rings is 8. The van der Waals surface area contributed by atoms with Crippen LogP contribution in [-0.4, -0.2) is 0 Å². The number of thiophene rings is 1. The molecule has 0 bridgehead atoms. The second-order valence-corrected chi connectivity index (χ2v) is 14.8. The Morgan fingerprint density at radius 2 is 1.16 bits per heavy atom. The molecule has 2 heteroatoms. The van der Waals surface area contributed by atoms with Gasteiger partial charge in [0.25, 0.3) is 0 Å². The van der Waals surface area contributed by atoms with Crippen molar-refractivity contribution in [1.29, 1.82) is 0 Å². The average Bonchev–Trinajstić information content (AvgIpc) is 3.65. The van der Waals surface area contributed by atoms with Gasteiger partial charge < -0.3 is 4.90 Å². The first kappa shape index (κ1) is 28.3. The summed E-state index contributed by atoms with van der Waals surface area (Å²) in [4.78, 5) is 2.48. The Hall–Kier alpha value is -5.70. The number of rotatable bonds is 4. The molecule has 9 aromatic rings. The molecule has 1 aliphatic carbocycles. The molecule has 10 rings (SSSR count). The molecule has 1 heterocycles. The first-order chi connectivity index (χ1) is 24.1. The van der Waals surface area contributed by atoms with E-state index in [1.165, 1.54) is 80.8 Å². The fourth-order valence-corrected chi connectivity index (χ4v) is 9.50. The van der Waals surface area contributed by atoms with Gasteiger partial charge in [0.15, 0.2) is 0 Å². The van der Waals surface area contributed by atoms with Gasteiger partial charge in [-0.3, -0.25) is 0 Å². The zero-order chi connectivity index (χ0) is 32.7. The molecule has 0 unspecified atom stereocenters. The van der Waals surface area contributed by atoms with Crippen LogP contribution in [0.2, 0.25) is 0 Å². The van der Waals surface area contributed by atoms with E-state index in [4.69, 9.17) is 0 Å². The lowest BCUT2D eigenvalue weighted by Gasteiger charge is -2.29. The van der Waals surface area contributed by atoms with Crippen LogP contribution < -0.4 is 4.90 Å². The predicted octanol–water partition coefficient (Wildman–Crippen LogP) is 13.8. The maximum absolute atomic E-state index is 2.48. The van der Waals surface area contributed by atoms with Crippen molar-refractivity contribution in [1.82, 2.24) is 0 Å². The maximum Gasteiger partial charge on any atom is 0.0543 e. The van der Waals surface area contributed by atoms with Gasteiger partial charge in [-0.05, 0) is 80.4 Å². The molecule has 0 radical (unpaired) electrons. The van der Waals surface area contributed by atoms with Crippen LogP contribution in [0.3, 0.4) is 0 Å². The normalized spacial score (nSPS) is 13.3. The molecule has 232 valence electrons. The lowest BCUT2D eigenvalue weighted by molar-refractivity contribution is 0.660. The average molecular weight is 644 g/mol. The highest BCUT2D eigenvalue weighted by Crippen LogP contribution is 2.54. The number of hydrogen-bond acceptors (Lipinski definition) is 2. The van der Waals surface area contributed by atoms with Gasteiger partial charge in [0, 0.05) is 47.9 Å². The van der Waals surface area contributed by atoms with E-state index in [1.807, 2.05) is 11.3 Å². The summed E-state index contributed by atoms with van der Waals surface area (Å²) in [6, 6.07) is 60.6. The van der Waals surface area contributed by atoms with E-state index in [-0.39, 0.29) is 5.41 Å². The van der Waals surface area contributed by atoms with Crippen LogP contribution in [0, 0.1) is 0 Å². The standard InChI is InChI=1S/C47H33NS/c1-47(2)40-15-8-6-14-38(40)45-41(47)16-10-17-42(45)48(34-25-21-31(22-26-34)30-11-4-3-5-12-30)35-27-23-32-19-20-33-24-28-37-36-13-7-9-18-43(36)49-46(37)44(33)39(32)29-35/h3-29H,1-2H3. The molecule has 0 spiro atoms. The summed E-state index contributed by atoms with van der Waals surface area (Å²) in [7, 11) is 0. The van der Waals surface area contributed by atoms with Crippen LogP contribution in [0.1, 0.15) is 25.0 Å². The van der Waals surface area contributed by atoms with Crippen molar-refractivity contribution in [2.45, 2.75) is 19.3 Å². The predicted molar refractivity (Wildman–Crippen MR) is 212 cm³/mol. The van der Waals surface area contributed by atoms with Crippen molar-refractivity contribution >= 4 is 70.1 Å². The van der Waals surface area contributed by atoms with Gasteiger partial charge in [-0.15, -0.1) is 11.3 Å². The molecule has 1 aliphatic rings. The molecule has 0 N–H and O–H groups in total. The lowest BCUT2D eigenvalue weighted by Crippen LogP contribution is -2.16. The van der Waals surface area contributed by atoms with Gasteiger partial charge in [0.05, 0.1) is 5.69 Å². The molecule has 1 aromatic heterocycles. The van der Waals surface area contributed by atoms with Gasteiger partial charge >= 0.3 is 0 Å². The molecule has 0 saturated carbocycles. The maximum atomic E-state index is 2.48. The summed E-state index contributed by atoms with van der Waals surface area (Å²) in [6.07, 6.45) is 0. The van der Waals surface area contributed by atoms with Crippen molar-refractivity contribution in [2.24, 2.45) is 0 Å². The van der Waals surface area contributed by atoms with E-state index in [1.54, 1.807) is 0 Å². The molecule has 0 saturated heterocycles. The molecule has 0 aliphatic heterocycles. The zero-order valence-electron chi connectivity index (χ0n) is 27.4. The number of nitrogens with zero attached hydrogens (tertiary/aromatic N) is 1. The summed E-state index contributed by atoms with van der Waals surface area (Å²) in [6.45, 7) is 4.72. The van der Waals surface area contributed by atoms with Crippen LogP contribution in [-0.2, 0) is 5.41 Å². The van der Waals surface area contributed by atoms with E-state index in [0.717, 1.165) is 11.4 Å². The van der Waals surface area contributed by atoms with E-state index >= 15 is 0 Å². The van der Waals surface area contributed by atoms with Gasteiger partial charge in [-0.25, -0.2) is 0 Å². The van der Waals surface area contributed by atoms with Gasteiger partial charge in [0.2, 0.25) is 0 Å². The quantitative estimate of drug-likeness (QED) is 0.173. The topological polar surface area (TPSA) is 3.24 Å². The van der Waals surface area contributed by atoms with E-state index in [0.29, 0.717) is 0 Å². The summed E-state index contributed by atoms with van der Waals surface area (Å²) in [5, 5.41) is 7.82. The lowest BCUT2D eigenvalue weighted by atomic mass is 9.82. The second-order valence-electron chi connectivity index (χ2n) is 13.7. The van der Waals surface area contributed by atoms with Crippen molar-refractivity contribution in [3.05, 3.63) is 175 Å². The van der Waals surface area contributed by atoms with Crippen molar-refractivity contribution < 1.29 is 0 Å². The first-order valence-electron chi connectivity index (χ1n) is 17.0. The Kier molecular flexibility index (Phi) is 6.16. The van der Waals surface area contributed by atoms with Crippen LogP contribution in [0.25, 0.3) is 64.0 Å². The molecule has 0 amide bonds. The molecule has 0 fully saturated rings. The highest BCUT2D eigenvalue weighted by Gasteiger charge is 2.37.